The second-order valence-electron chi connectivity index (χ2n) is 8.19. The predicted molar refractivity (Wildman–Crippen MR) is 125 cm³/mol. The third-order valence-electron chi connectivity index (χ3n) is 4.27. The minimum absolute atomic E-state index is 0.0479. The second-order valence-corrected chi connectivity index (χ2v) is 9.51. The van der Waals surface area contributed by atoms with Gasteiger partial charge in [0.05, 0.1) is 22.8 Å². The SMILES string of the molecule is Cc1ccc(CC(=O)Nc2cc(Br)cc(Cl)c2N(CC(C)C)CC(C)C)cc1. The normalized spacial score (nSPS) is 11.2. The van der Waals surface area contributed by atoms with Gasteiger partial charge in [-0.1, -0.05) is 85.1 Å². The highest BCUT2D eigenvalue weighted by atomic mass is 79.9. The first-order chi connectivity index (χ1) is 13.2. The van der Waals surface area contributed by atoms with Crippen LogP contribution >= 0.6 is 27.5 Å². The molecule has 1 amide bonds. The Morgan fingerprint density at radius 2 is 1.64 bits per heavy atom. The maximum Gasteiger partial charge on any atom is 0.228 e. The molecule has 0 heterocycles. The molecule has 0 spiro atoms. The van der Waals surface area contributed by atoms with Crippen molar-refractivity contribution in [2.45, 2.75) is 41.0 Å². The summed E-state index contributed by atoms with van der Waals surface area (Å²) in [5, 5.41) is 3.73. The van der Waals surface area contributed by atoms with Gasteiger partial charge in [0.25, 0.3) is 0 Å². The summed E-state index contributed by atoms with van der Waals surface area (Å²) in [4.78, 5) is 15.0. The number of hydrogen-bond acceptors (Lipinski definition) is 2. The maximum atomic E-state index is 12.7. The Kier molecular flexibility index (Phi) is 8.38. The topological polar surface area (TPSA) is 32.3 Å². The molecule has 2 aromatic carbocycles. The summed E-state index contributed by atoms with van der Waals surface area (Å²) in [6.45, 7) is 12.6. The van der Waals surface area contributed by atoms with Crippen molar-refractivity contribution in [3.63, 3.8) is 0 Å². The first-order valence-corrected chi connectivity index (χ1v) is 10.9. The first kappa shape index (κ1) is 22.8. The van der Waals surface area contributed by atoms with Crippen molar-refractivity contribution in [1.82, 2.24) is 0 Å². The Hall–Kier alpha value is -1.52. The fourth-order valence-electron chi connectivity index (χ4n) is 3.21. The van der Waals surface area contributed by atoms with Gasteiger partial charge < -0.3 is 10.2 Å². The molecule has 0 saturated carbocycles. The standard InChI is InChI=1S/C23H30BrClN2O/c1-15(2)13-27(14-16(3)4)23-20(25)11-19(24)12-21(23)26-22(28)10-18-8-6-17(5)7-9-18/h6-9,11-12,15-16H,10,13-14H2,1-5H3,(H,26,28). The Bertz CT molecular complexity index is 793. The van der Waals surface area contributed by atoms with Gasteiger partial charge in [-0.15, -0.1) is 0 Å². The van der Waals surface area contributed by atoms with E-state index in [9.17, 15) is 4.79 Å². The van der Waals surface area contributed by atoms with Crippen LogP contribution in [0.5, 0.6) is 0 Å². The number of benzene rings is 2. The zero-order valence-electron chi connectivity index (χ0n) is 17.4. The summed E-state index contributed by atoms with van der Waals surface area (Å²) in [5.74, 6) is 0.914. The number of carbonyl (C=O) groups is 1. The molecule has 0 aliphatic carbocycles. The molecule has 2 aromatic rings. The van der Waals surface area contributed by atoms with Crippen LogP contribution in [0, 0.1) is 18.8 Å². The molecular weight excluding hydrogens is 436 g/mol. The number of carbonyl (C=O) groups excluding carboxylic acids is 1. The Morgan fingerprint density at radius 3 is 2.18 bits per heavy atom. The Balaban J connectivity index is 2.31. The highest BCUT2D eigenvalue weighted by molar-refractivity contribution is 9.10. The van der Waals surface area contributed by atoms with E-state index in [2.05, 4.69) is 53.8 Å². The van der Waals surface area contributed by atoms with Crippen LogP contribution in [-0.4, -0.2) is 19.0 Å². The van der Waals surface area contributed by atoms with Gasteiger partial charge in [-0.05, 0) is 36.5 Å². The van der Waals surface area contributed by atoms with Crippen LogP contribution in [0.1, 0.15) is 38.8 Å². The molecule has 28 heavy (non-hydrogen) atoms. The molecule has 0 saturated heterocycles. The zero-order valence-corrected chi connectivity index (χ0v) is 19.7. The van der Waals surface area contributed by atoms with Crippen LogP contribution < -0.4 is 10.2 Å². The summed E-state index contributed by atoms with van der Waals surface area (Å²) in [5.41, 5.74) is 3.82. The molecule has 0 atom stereocenters. The van der Waals surface area contributed by atoms with Gasteiger partial charge in [-0.3, -0.25) is 4.79 Å². The van der Waals surface area contributed by atoms with Crippen LogP contribution in [0.15, 0.2) is 40.9 Å². The Labute approximate surface area is 182 Å². The molecular formula is C23H30BrClN2O. The molecule has 0 aliphatic rings. The highest BCUT2D eigenvalue weighted by Crippen LogP contribution is 2.38. The lowest BCUT2D eigenvalue weighted by Crippen LogP contribution is -2.32. The first-order valence-electron chi connectivity index (χ1n) is 9.75. The number of aryl methyl sites for hydroxylation is 1. The van der Waals surface area contributed by atoms with Crippen molar-refractivity contribution < 1.29 is 4.79 Å². The van der Waals surface area contributed by atoms with E-state index in [0.717, 1.165) is 34.5 Å². The van der Waals surface area contributed by atoms with E-state index < -0.39 is 0 Å². The Morgan fingerprint density at radius 1 is 1.07 bits per heavy atom. The maximum absolute atomic E-state index is 12.7. The molecule has 2 rings (SSSR count). The minimum Gasteiger partial charge on any atom is -0.368 e. The monoisotopic (exact) mass is 464 g/mol. The number of amides is 1. The van der Waals surface area contributed by atoms with E-state index in [4.69, 9.17) is 11.6 Å². The molecule has 152 valence electrons. The van der Waals surface area contributed by atoms with Gasteiger partial charge in [0.2, 0.25) is 5.91 Å². The van der Waals surface area contributed by atoms with Crippen molar-refractivity contribution in [2.75, 3.05) is 23.3 Å². The lowest BCUT2D eigenvalue weighted by molar-refractivity contribution is -0.115. The molecule has 3 nitrogen and oxygen atoms in total. The lowest BCUT2D eigenvalue weighted by atomic mass is 10.1. The molecule has 0 fully saturated rings. The summed E-state index contributed by atoms with van der Waals surface area (Å²) in [6, 6.07) is 11.9. The van der Waals surface area contributed by atoms with E-state index in [1.54, 1.807) is 0 Å². The average Bonchev–Trinajstić information content (AvgIpc) is 2.55. The summed E-state index contributed by atoms with van der Waals surface area (Å²) >= 11 is 10.1. The molecule has 5 heteroatoms. The van der Waals surface area contributed by atoms with E-state index in [0.29, 0.717) is 23.3 Å². The molecule has 0 bridgehead atoms. The number of nitrogens with one attached hydrogen (secondary N) is 1. The van der Waals surface area contributed by atoms with Gasteiger partial charge in [0.1, 0.15) is 0 Å². The quantitative estimate of drug-likeness (QED) is 0.470. The molecule has 0 aliphatic heterocycles. The van der Waals surface area contributed by atoms with Gasteiger partial charge >= 0.3 is 0 Å². The van der Waals surface area contributed by atoms with Crippen molar-refractivity contribution >= 4 is 44.8 Å². The number of halogens is 2. The summed E-state index contributed by atoms with van der Waals surface area (Å²) < 4.78 is 0.848. The molecule has 0 aromatic heterocycles. The minimum atomic E-state index is -0.0479. The second kappa shape index (κ2) is 10.3. The largest absolute Gasteiger partial charge is 0.368 e. The van der Waals surface area contributed by atoms with E-state index in [1.807, 2.05) is 43.3 Å². The number of nitrogens with zero attached hydrogens (tertiary/aromatic N) is 1. The molecule has 1 N–H and O–H groups in total. The van der Waals surface area contributed by atoms with Crippen LogP contribution in [0.3, 0.4) is 0 Å². The van der Waals surface area contributed by atoms with Crippen LogP contribution in [0.25, 0.3) is 0 Å². The van der Waals surface area contributed by atoms with Crippen LogP contribution in [0.2, 0.25) is 5.02 Å². The molecule has 0 unspecified atom stereocenters. The summed E-state index contributed by atoms with van der Waals surface area (Å²) in [6.07, 6.45) is 0.332. The number of hydrogen-bond donors (Lipinski definition) is 1. The van der Waals surface area contributed by atoms with Gasteiger partial charge in [-0.25, -0.2) is 0 Å². The fourth-order valence-corrected chi connectivity index (χ4v) is 4.14. The number of anilines is 2. The van der Waals surface area contributed by atoms with Crippen molar-refractivity contribution in [2.24, 2.45) is 11.8 Å². The van der Waals surface area contributed by atoms with Crippen molar-refractivity contribution in [3.8, 4) is 0 Å². The van der Waals surface area contributed by atoms with Gasteiger partial charge in [0.15, 0.2) is 0 Å². The van der Waals surface area contributed by atoms with E-state index in [-0.39, 0.29) is 5.91 Å². The van der Waals surface area contributed by atoms with Crippen molar-refractivity contribution in [3.05, 3.63) is 57.0 Å². The fraction of sp³-hybridized carbons (Fsp3) is 0.435. The zero-order chi connectivity index (χ0) is 20.8. The van der Waals surface area contributed by atoms with E-state index in [1.165, 1.54) is 5.56 Å². The molecule has 0 radical (unpaired) electrons. The van der Waals surface area contributed by atoms with Gasteiger partial charge in [0, 0.05) is 17.6 Å². The van der Waals surface area contributed by atoms with Gasteiger partial charge in [-0.2, -0.15) is 0 Å². The van der Waals surface area contributed by atoms with Crippen LogP contribution in [-0.2, 0) is 11.2 Å². The average molecular weight is 466 g/mol. The van der Waals surface area contributed by atoms with Crippen molar-refractivity contribution in [1.29, 1.82) is 0 Å². The van der Waals surface area contributed by atoms with E-state index >= 15 is 0 Å². The third kappa shape index (κ3) is 6.82. The van der Waals surface area contributed by atoms with Crippen LogP contribution in [0.4, 0.5) is 11.4 Å². The highest BCUT2D eigenvalue weighted by Gasteiger charge is 2.20. The lowest BCUT2D eigenvalue weighted by Gasteiger charge is -2.31. The smallest absolute Gasteiger partial charge is 0.228 e. The summed E-state index contributed by atoms with van der Waals surface area (Å²) in [7, 11) is 0. The number of rotatable bonds is 8. The third-order valence-corrected chi connectivity index (χ3v) is 5.02. The predicted octanol–water partition coefficient (Wildman–Crippen LogP) is 6.71.